The van der Waals surface area contributed by atoms with E-state index in [9.17, 15) is 38.9 Å². The molecule has 16 heteroatoms. The van der Waals surface area contributed by atoms with Crippen LogP contribution in [-0.2, 0) is 30.4 Å². The summed E-state index contributed by atoms with van der Waals surface area (Å²) in [5.74, 6) is 0. The number of anilines is 1. The van der Waals surface area contributed by atoms with Crippen LogP contribution in [0, 0.1) is 12.1 Å². The third-order valence-electron chi connectivity index (χ3n) is 8.25. The summed E-state index contributed by atoms with van der Waals surface area (Å²) in [6, 6.07) is 30.6. The molecule has 0 bridgehead atoms. The fourth-order valence-electron chi connectivity index (χ4n) is 6.04. The van der Waals surface area contributed by atoms with Crippen molar-refractivity contribution in [1.29, 1.82) is 0 Å². The van der Waals surface area contributed by atoms with E-state index in [1.807, 2.05) is 0 Å². The normalized spacial score (nSPS) is 14.1. The molecule has 5 rings (SSSR count). The van der Waals surface area contributed by atoms with Gasteiger partial charge in [0.25, 0.3) is 15.5 Å². The van der Waals surface area contributed by atoms with E-state index in [2.05, 4.69) is 12.1 Å². The minimum absolute atomic E-state index is 0. The molecular formula is C37H34N2Na2O9S3. The number of nitrogens with zero attached hydrogens (tertiary/aromatic N) is 2. The van der Waals surface area contributed by atoms with Crippen LogP contribution < -0.4 is 64.0 Å². The van der Waals surface area contributed by atoms with Gasteiger partial charge < -0.3 is 9.45 Å². The zero-order chi connectivity index (χ0) is 37.0. The minimum Gasteiger partial charge on any atom is -0.744 e. The molecule has 0 radical (unpaired) electrons. The van der Waals surface area contributed by atoms with Crippen LogP contribution in [0.15, 0.2) is 132 Å². The van der Waals surface area contributed by atoms with E-state index in [0.29, 0.717) is 44.8 Å². The Morgan fingerprint density at radius 3 is 1.66 bits per heavy atom. The summed E-state index contributed by atoms with van der Waals surface area (Å²) in [6.07, 6.45) is 6.88. The van der Waals surface area contributed by atoms with Crippen LogP contribution in [0.3, 0.4) is 0 Å². The van der Waals surface area contributed by atoms with Crippen LogP contribution >= 0.6 is 0 Å². The molecule has 4 aromatic carbocycles. The van der Waals surface area contributed by atoms with Crippen LogP contribution in [0.25, 0.3) is 5.57 Å². The smallest absolute Gasteiger partial charge is 0.744 e. The van der Waals surface area contributed by atoms with Crippen LogP contribution in [0.1, 0.15) is 46.8 Å². The zero-order valence-corrected chi connectivity index (χ0v) is 35.9. The summed E-state index contributed by atoms with van der Waals surface area (Å²) in [6.45, 7) is 3.96. The van der Waals surface area contributed by atoms with Gasteiger partial charge in [-0.2, -0.15) is 77.5 Å². The fraction of sp³-hybridized carbons (Fsp3) is 0.162. The van der Waals surface area contributed by atoms with Crippen molar-refractivity contribution in [3.05, 3.63) is 161 Å². The molecule has 1 aliphatic carbocycles. The summed E-state index contributed by atoms with van der Waals surface area (Å²) < 4.78 is 107. The van der Waals surface area contributed by atoms with Gasteiger partial charge in [0.15, 0.2) is 0 Å². The summed E-state index contributed by atoms with van der Waals surface area (Å²) >= 11 is 0. The first-order chi connectivity index (χ1) is 24.1. The third-order valence-corrected chi connectivity index (χ3v) is 11.3. The second kappa shape index (κ2) is 18.8. The minimum atomic E-state index is -4.71. The van der Waals surface area contributed by atoms with Crippen molar-refractivity contribution in [3.63, 3.8) is 0 Å². The first-order valence-corrected chi connectivity index (χ1v) is 20.1. The summed E-state index contributed by atoms with van der Waals surface area (Å²) in [5.41, 5.74) is 4.07. The molecule has 0 fully saturated rings. The van der Waals surface area contributed by atoms with Crippen molar-refractivity contribution in [1.82, 2.24) is 0 Å². The summed E-state index contributed by atoms with van der Waals surface area (Å²) in [4.78, 5) is 1.12. The van der Waals surface area contributed by atoms with Gasteiger partial charge in [-0.1, -0.05) is 29.8 Å². The van der Waals surface area contributed by atoms with Gasteiger partial charge in [0.05, 0.1) is 4.90 Å². The average molecular weight is 793 g/mol. The van der Waals surface area contributed by atoms with Crippen LogP contribution in [0.5, 0.6) is 0 Å². The maximum atomic E-state index is 12.6. The Morgan fingerprint density at radius 2 is 1.25 bits per heavy atom. The van der Waals surface area contributed by atoms with Crippen molar-refractivity contribution >= 4 is 47.3 Å². The molecule has 0 spiro atoms. The van der Waals surface area contributed by atoms with Gasteiger partial charge >= 0.3 is 69.2 Å². The molecule has 0 saturated carbocycles. The first-order valence-electron chi connectivity index (χ1n) is 15.7. The Kier molecular flexibility index (Phi) is 15.8. The quantitative estimate of drug-likeness (QED) is 0.0833. The van der Waals surface area contributed by atoms with E-state index in [1.54, 1.807) is 98.8 Å². The van der Waals surface area contributed by atoms with Crippen LogP contribution in [0.2, 0.25) is 0 Å². The molecular weight excluding hydrogens is 759 g/mol. The van der Waals surface area contributed by atoms with Crippen molar-refractivity contribution in [3.8, 4) is 0 Å². The number of rotatable bonds is 12. The monoisotopic (exact) mass is 792 g/mol. The maximum Gasteiger partial charge on any atom is 1.00 e. The molecule has 0 amide bonds. The van der Waals surface area contributed by atoms with Crippen molar-refractivity contribution in [2.75, 3.05) is 18.0 Å². The van der Waals surface area contributed by atoms with E-state index >= 15 is 0 Å². The molecule has 4 aromatic rings. The molecule has 0 saturated heterocycles. The second-order valence-corrected chi connectivity index (χ2v) is 15.8. The van der Waals surface area contributed by atoms with Gasteiger partial charge in [-0.15, -0.1) is 5.56 Å². The Bertz CT molecular complexity index is 2330. The SMILES string of the molecule is CCN(c1ccc(C(=C2C=CC(=[N+](CC)C(c3c[c-]ccc3)S(=O)(=O)O)C=C2)c2ccc(S(=O)(=O)[O-])cc2)cc1)C(c1c[c-]ccc1)S(=O)(=O)O.[Na+].[Na+]. The van der Waals surface area contributed by atoms with Gasteiger partial charge in [0.2, 0.25) is 5.71 Å². The van der Waals surface area contributed by atoms with Crippen LogP contribution in [-0.4, -0.2) is 62.3 Å². The first kappa shape index (κ1) is 44.7. The van der Waals surface area contributed by atoms with E-state index < -0.39 is 46.0 Å². The van der Waals surface area contributed by atoms with Gasteiger partial charge in [0.1, 0.15) is 22.0 Å². The maximum absolute atomic E-state index is 12.6. The largest absolute Gasteiger partial charge is 1.00 e. The molecule has 2 N–H and O–H groups in total. The third kappa shape index (κ3) is 10.7. The van der Waals surface area contributed by atoms with E-state index in [1.165, 1.54) is 45.9 Å². The van der Waals surface area contributed by atoms with Gasteiger partial charge in [-0.3, -0.25) is 9.11 Å². The Labute approximate surface area is 355 Å². The summed E-state index contributed by atoms with van der Waals surface area (Å²) in [7, 11) is -13.9. The van der Waals surface area contributed by atoms with E-state index in [4.69, 9.17) is 0 Å². The van der Waals surface area contributed by atoms with Crippen molar-refractivity contribution < 1.29 is 103 Å². The predicted molar refractivity (Wildman–Crippen MR) is 193 cm³/mol. The molecule has 1 aliphatic rings. The van der Waals surface area contributed by atoms with E-state index in [0.717, 1.165) is 0 Å². The Balaban J connectivity index is 0.00000378. The van der Waals surface area contributed by atoms with Gasteiger partial charge in [0, 0.05) is 24.4 Å². The van der Waals surface area contributed by atoms with E-state index in [-0.39, 0.29) is 72.2 Å². The van der Waals surface area contributed by atoms with Crippen molar-refractivity contribution in [2.24, 2.45) is 0 Å². The zero-order valence-electron chi connectivity index (χ0n) is 29.5. The second-order valence-electron chi connectivity index (χ2n) is 11.4. The molecule has 0 heterocycles. The molecule has 0 aliphatic heterocycles. The Morgan fingerprint density at radius 1 is 0.736 bits per heavy atom. The number of hydrogen-bond donors (Lipinski definition) is 2. The average Bonchev–Trinajstić information content (AvgIpc) is 3.10. The number of benzene rings is 4. The molecule has 2 atom stereocenters. The molecule has 266 valence electrons. The number of allylic oxidation sites excluding steroid dienone is 5. The van der Waals surface area contributed by atoms with Gasteiger partial charge in [-0.05, 0) is 72.5 Å². The molecule has 11 nitrogen and oxygen atoms in total. The molecule has 53 heavy (non-hydrogen) atoms. The molecule has 0 aromatic heterocycles. The standard InChI is InChI=1S/C37H35N2O9S3.2Na/c1-3-38(36(50(43,44)45)30-11-7-5-8-12-30)32-21-15-27(16-22-32)35(29-19-25-34(26-20-29)49(40,41)42)28-17-23-33(24-18-28)39(4-2)37(51(46,47)48)31-13-9-6-10-14-31;;/h5-7,9,11-26,36-37H,3-4H2,1-2H3,(H,40,41,42)(H,43,44,45)(H,46,47,48);;/q-1;2*+1/p-1. The summed E-state index contributed by atoms with van der Waals surface area (Å²) in [5, 5.41) is -2.80. The van der Waals surface area contributed by atoms with Gasteiger partial charge in [-0.25, -0.2) is 13.0 Å². The topological polar surface area (TPSA) is 172 Å². The fourth-order valence-corrected chi connectivity index (χ4v) is 8.68. The Hall–Kier alpha value is -2.70. The predicted octanol–water partition coefficient (Wildman–Crippen LogP) is -0.400. The van der Waals surface area contributed by atoms with Crippen molar-refractivity contribution in [2.45, 2.75) is 29.5 Å². The molecule has 2 unspecified atom stereocenters. The number of hydrogen-bond acceptors (Lipinski definition) is 8. The van der Waals surface area contributed by atoms with Crippen LogP contribution in [0.4, 0.5) is 5.69 Å².